The average Bonchev–Trinajstić information content (AvgIpc) is 2.15. The van der Waals surface area contributed by atoms with Crippen LogP contribution in [0.4, 0.5) is 0 Å². The second-order valence-corrected chi connectivity index (χ2v) is 5.37. The van der Waals surface area contributed by atoms with Crippen LogP contribution >= 0.6 is 11.8 Å². The second-order valence-electron chi connectivity index (χ2n) is 4.15. The minimum atomic E-state index is 0.382. The van der Waals surface area contributed by atoms with E-state index in [9.17, 15) is 0 Å². The Morgan fingerprint density at radius 3 is 2.29 bits per heavy atom. The Labute approximate surface area is 94.2 Å². The Hall–Kier alpha value is 0.310. The van der Waals surface area contributed by atoms with Crippen LogP contribution in [0.5, 0.6) is 0 Å². The SMILES string of the molecule is CCCCCCCCSCC[C@H](C)N. The summed E-state index contributed by atoms with van der Waals surface area (Å²) in [7, 11) is 0. The summed E-state index contributed by atoms with van der Waals surface area (Å²) in [6, 6.07) is 0.382. The van der Waals surface area contributed by atoms with Crippen LogP contribution in [-0.2, 0) is 0 Å². The molecule has 0 bridgehead atoms. The molecule has 0 spiro atoms. The Balaban J connectivity index is 2.85. The van der Waals surface area contributed by atoms with Crippen molar-refractivity contribution in [1.29, 1.82) is 0 Å². The molecule has 0 fully saturated rings. The lowest BCUT2D eigenvalue weighted by atomic mass is 10.1. The van der Waals surface area contributed by atoms with Crippen LogP contribution in [0.1, 0.15) is 58.8 Å². The third-order valence-electron chi connectivity index (χ3n) is 2.36. The molecule has 0 aromatic rings. The van der Waals surface area contributed by atoms with Gasteiger partial charge < -0.3 is 5.73 Å². The summed E-state index contributed by atoms with van der Waals surface area (Å²) in [6.45, 7) is 4.36. The second kappa shape index (κ2) is 11.4. The first-order valence-electron chi connectivity index (χ1n) is 6.10. The van der Waals surface area contributed by atoms with E-state index in [1.165, 1.54) is 56.5 Å². The molecule has 0 saturated heterocycles. The molecule has 0 rings (SSSR count). The highest BCUT2D eigenvalue weighted by molar-refractivity contribution is 7.99. The van der Waals surface area contributed by atoms with E-state index in [-0.39, 0.29) is 0 Å². The van der Waals surface area contributed by atoms with Gasteiger partial charge in [0.15, 0.2) is 0 Å². The van der Waals surface area contributed by atoms with Gasteiger partial charge in [0.2, 0.25) is 0 Å². The number of hydrogen-bond acceptors (Lipinski definition) is 2. The van der Waals surface area contributed by atoms with Crippen molar-refractivity contribution in [3.63, 3.8) is 0 Å². The van der Waals surface area contributed by atoms with Gasteiger partial charge in [0.1, 0.15) is 0 Å². The molecule has 14 heavy (non-hydrogen) atoms. The van der Waals surface area contributed by atoms with Gasteiger partial charge in [-0.1, -0.05) is 39.0 Å². The zero-order chi connectivity index (χ0) is 10.6. The van der Waals surface area contributed by atoms with Gasteiger partial charge in [-0.15, -0.1) is 0 Å². The van der Waals surface area contributed by atoms with E-state index >= 15 is 0 Å². The first kappa shape index (κ1) is 14.3. The number of rotatable bonds is 10. The zero-order valence-electron chi connectivity index (χ0n) is 9.93. The largest absolute Gasteiger partial charge is 0.328 e. The highest BCUT2D eigenvalue weighted by Crippen LogP contribution is 2.10. The van der Waals surface area contributed by atoms with Crippen LogP contribution in [0, 0.1) is 0 Å². The maximum Gasteiger partial charge on any atom is 0.00183 e. The average molecular weight is 217 g/mol. The summed E-state index contributed by atoms with van der Waals surface area (Å²) >= 11 is 2.07. The Morgan fingerprint density at radius 1 is 1.00 bits per heavy atom. The highest BCUT2D eigenvalue weighted by Gasteiger charge is 1.94. The quantitative estimate of drug-likeness (QED) is 0.563. The van der Waals surface area contributed by atoms with Gasteiger partial charge in [-0.05, 0) is 31.3 Å². The zero-order valence-corrected chi connectivity index (χ0v) is 10.7. The first-order chi connectivity index (χ1) is 6.77. The molecular formula is C12H27NS. The summed E-state index contributed by atoms with van der Waals surface area (Å²) in [5.74, 6) is 2.57. The lowest BCUT2D eigenvalue weighted by Gasteiger charge is -2.04. The maximum atomic E-state index is 5.67. The molecule has 0 amide bonds. The van der Waals surface area contributed by atoms with E-state index in [0.29, 0.717) is 6.04 Å². The molecule has 0 aliphatic rings. The van der Waals surface area contributed by atoms with Crippen molar-refractivity contribution in [2.75, 3.05) is 11.5 Å². The predicted octanol–water partition coefficient (Wildman–Crippen LogP) is 3.82. The van der Waals surface area contributed by atoms with Crippen molar-refractivity contribution in [2.45, 2.75) is 64.8 Å². The van der Waals surface area contributed by atoms with Crippen molar-refractivity contribution in [2.24, 2.45) is 5.73 Å². The molecular weight excluding hydrogens is 190 g/mol. The molecule has 2 N–H and O–H groups in total. The van der Waals surface area contributed by atoms with Gasteiger partial charge in [0, 0.05) is 6.04 Å². The van der Waals surface area contributed by atoms with E-state index in [0.717, 1.165) is 0 Å². The summed E-state index contributed by atoms with van der Waals surface area (Å²) in [6.07, 6.45) is 9.61. The Morgan fingerprint density at radius 2 is 1.64 bits per heavy atom. The van der Waals surface area contributed by atoms with E-state index in [4.69, 9.17) is 5.73 Å². The number of nitrogens with two attached hydrogens (primary N) is 1. The smallest absolute Gasteiger partial charge is 0.00183 e. The van der Waals surface area contributed by atoms with Crippen LogP contribution in [0.15, 0.2) is 0 Å². The van der Waals surface area contributed by atoms with Crippen LogP contribution < -0.4 is 5.73 Å². The summed E-state index contributed by atoms with van der Waals surface area (Å²) in [4.78, 5) is 0. The molecule has 2 heteroatoms. The van der Waals surface area contributed by atoms with Gasteiger partial charge in [-0.3, -0.25) is 0 Å². The van der Waals surface area contributed by atoms with E-state index in [2.05, 4.69) is 25.6 Å². The van der Waals surface area contributed by atoms with Gasteiger partial charge >= 0.3 is 0 Å². The normalized spacial score (nSPS) is 13.1. The van der Waals surface area contributed by atoms with E-state index < -0.39 is 0 Å². The molecule has 1 atom stereocenters. The fraction of sp³-hybridized carbons (Fsp3) is 1.00. The molecule has 86 valence electrons. The number of thioether (sulfide) groups is 1. The van der Waals surface area contributed by atoms with Crippen molar-refractivity contribution in [3.05, 3.63) is 0 Å². The minimum Gasteiger partial charge on any atom is -0.328 e. The van der Waals surface area contributed by atoms with Crippen molar-refractivity contribution in [3.8, 4) is 0 Å². The van der Waals surface area contributed by atoms with Crippen molar-refractivity contribution >= 4 is 11.8 Å². The molecule has 0 aliphatic heterocycles. The Bertz CT molecular complexity index is 104. The minimum absolute atomic E-state index is 0.382. The van der Waals surface area contributed by atoms with E-state index in [1.54, 1.807) is 0 Å². The van der Waals surface area contributed by atoms with Gasteiger partial charge in [-0.2, -0.15) is 11.8 Å². The standard InChI is InChI=1S/C12H27NS/c1-3-4-5-6-7-8-10-14-11-9-12(2)13/h12H,3-11,13H2,1-2H3/t12-/m0/s1. The lowest BCUT2D eigenvalue weighted by molar-refractivity contribution is 0.626. The molecule has 0 heterocycles. The van der Waals surface area contributed by atoms with Crippen LogP contribution in [0.25, 0.3) is 0 Å². The maximum absolute atomic E-state index is 5.67. The molecule has 0 saturated carbocycles. The van der Waals surface area contributed by atoms with Crippen molar-refractivity contribution in [1.82, 2.24) is 0 Å². The van der Waals surface area contributed by atoms with Crippen LogP contribution in [0.3, 0.4) is 0 Å². The third-order valence-corrected chi connectivity index (χ3v) is 3.46. The summed E-state index contributed by atoms with van der Waals surface area (Å²) in [5, 5.41) is 0. The topological polar surface area (TPSA) is 26.0 Å². The monoisotopic (exact) mass is 217 g/mol. The Kier molecular flexibility index (Phi) is 11.6. The summed E-state index contributed by atoms with van der Waals surface area (Å²) < 4.78 is 0. The van der Waals surface area contributed by atoms with Gasteiger partial charge in [0.25, 0.3) is 0 Å². The third kappa shape index (κ3) is 12.3. The summed E-state index contributed by atoms with van der Waals surface area (Å²) in [5.41, 5.74) is 5.67. The fourth-order valence-corrected chi connectivity index (χ4v) is 2.51. The molecule has 0 aliphatic carbocycles. The lowest BCUT2D eigenvalue weighted by Crippen LogP contribution is -2.15. The molecule has 1 nitrogen and oxygen atoms in total. The predicted molar refractivity (Wildman–Crippen MR) is 69.0 cm³/mol. The number of hydrogen-bond donors (Lipinski definition) is 1. The molecule has 0 radical (unpaired) electrons. The highest BCUT2D eigenvalue weighted by atomic mass is 32.2. The fourth-order valence-electron chi connectivity index (χ4n) is 1.36. The van der Waals surface area contributed by atoms with Gasteiger partial charge in [0.05, 0.1) is 0 Å². The molecule has 0 aromatic carbocycles. The first-order valence-corrected chi connectivity index (χ1v) is 7.26. The van der Waals surface area contributed by atoms with Gasteiger partial charge in [-0.25, -0.2) is 0 Å². The molecule has 0 aromatic heterocycles. The number of unbranched alkanes of at least 4 members (excludes halogenated alkanes) is 5. The van der Waals surface area contributed by atoms with Crippen LogP contribution in [0.2, 0.25) is 0 Å². The van der Waals surface area contributed by atoms with Crippen LogP contribution in [-0.4, -0.2) is 17.5 Å². The molecule has 0 unspecified atom stereocenters. The van der Waals surface area contributed by atoms with Crippen molar-refractivity contribution < 1.29 is 0 Å². The van der Waals surface area contributed by atoms with E-state index in [1.807, 2.05) is 0 Å².